The first-order chi connectivity index (χ1) is 8.83. The van der Waals surface area contributed by atoms with Crippen molar-refractivity contribution in [2.75, 3.05) is 25.0 Å². The van der Waals surface area contributed by atoms with Crippen molar-refractivity contribution in [2.24, 2.45) is 0 Å². The number of hydrogen-bond acceptors (Lipinski definition) is 4. The van der Waals surface area contributed by atoms with E-state index in [0.29, 0.717) is 6.54 Å². The van der Waals surface area contributed by atoms with Crippen LogP contribution in [0.2, 0.25) is 0 Å². The van der Waals surface area contributed by atoms with Gasteiger partial charge in [0.25, 0.3) is 5.56 Å². The summed E-state index contributed by atoms with van der Waals surface area (Å²) in [5.74, 6) is 0. The van der Waals surface area contributed by atoms with E-state index in [0.717, 1.165) is 25.2 Å². The van der Waals surface area contributed by atoms with Crippen LogP contribution in [0.15, 0.2) is 17.1 Å². The maximum absolute atomic E-state index is 11.9. The Morgan fingerprint density at radius 1 is 1.42 bits per heavy atom. The molecule has 1 aromatic heterocycles. The van der Waals surface area contributed by atoms with Crippen LogP contribution in [0, 0.1) is 0 Å². The molecule has 1 heterocycles. The molecule has 0 aliphatic carbocycles. The molecule has 108 valence electrons. The molecule has 19 heavy (non-hydrogen) atoms. The Bertz CT molecular complexity index is 447. The number of rotatable bonds is 6. The first-order valence-electron chi connectivity index (χ1n) is 6.87. The van der Waals surface area contributed by atoms with Gasteiger partial charge >= 0.3 is 0 Å². The topological polar surface area (TPSA) is 50.2 Å². The minimum Gasteiger partial charge on any atom is -0.373 e. The molecular formula is C14H26N4O. The lowest BCUT2D eigenvalue weighted by Crippen LogP contribution is -2.37. The second-order valence-electron chi connectivity index (χ2n) is 5.82. The van der Waals surface area contributed by atoms with Gasteiger partial charge in [0.15, 0.2) is 0 Å². The third-order valence-corrected chi connectivity index (χ3v) is 2.97. The van der Waals surface area contributed by atoms with Crippen LogP contribution in [0.1, 0.15) is 34.1 Å². The fraction of sp³-hybridized carbons (Fsp3) is 0.714. The maximum atomic E-state index is 11.9. The standard InChI is InChI=1S/C14H26N4O/c1-6-17(5)12-10-13(19)18(16-11-12)9-7-8-15-14(2,3)4/h10-11,15H,6-9H2,1-5H3. The van der Waals surface area contributed by atoms with E-state index < -0.39 is 0 Å². The van der Waals surface area contributed by atoms with E-state index >= 15 is 0 Å². The van der Waals surface area contributed by atoms with E-state index in [9.17, 15) is 4.79 Å². The van der Waals surface area contributed by atoms with Crippen LogP contribution in [0.4, 0.5) is 5.69 Å². The molecule has 0 saturated carbocycles. The van der Waals surface area contributed by atoms with Gasteiger partial charge in [0, 0.05) is 31.7 Å². The molecule has 0 fully saturated rings. The highest BCUT2D eigenvalue weighted by atomic mass is 16.1. The van der Waals surface area contributed by atoms with Gasteiger partial charge in [-0.25, -0.2) is 4.68 Å². The van der Waals surface area contributed by atoms with E-state index in [1.807, 2.05) is 18.9 Å². The average molecular weight is 266 g/mol. The Morgan fingerprint density at radius 3 is 2.63 bits per heavy atom. The Labute approximate surface area is 115 Å². The van der Waals surface area contributed by atoms with Gasteiger partial charge in [0.1, 0.15) is 0 Å². The molecule has 0 atom stereocenters. The fourth-order valence-corrected chi connectivity index (χ4v) is 1.68. The summed E-state index contributed by atoms with van der Waals surface area (Å²) in [5.41, 5.74) is 0.955. The first-order valence-corrected chi connectivity index (χ1v) is 6.87. The van der Waals surface area contributed by atoms with E-state index in [4.69, 9.17) is 0 Å². The van der Waals surface area contributed by atoms with Gasteiger partial charge in [-0.3, -0.25) is 4.79 Å². The largest absolute Gasteiger partial charge is 0.373 e. The number of hydrogen-bond donors (Lipinski definition) is 1. The lowest BCUT2D eigenvalue weighted by molar-refractivity contribution is 0.406. The summed E-state index contributed by atoms with van der Waals surface area (Å²) >= 11 is 0. The van der Waals surface area contributed by atoms with Crippen molar-refractivity contribution in [2.45, 2.75) is 46.2 Å². The number of aromatic nitrogens is 2. The molecule has 0 amide bonds. The van der Waals surface area contributed by atoms with Crippen molar-refractivity contribution in [3.63, 3.8) is 0 Å². The summed E-state index contributed by atoms with van der Waals surface area (Å²) in [6.07, 6.45) is 2.65. The van der Waals surface area contributed by atoms with Gasteiger partial charge in [-0.2, -0.15) is 5.10 Å². The van der Waals surface area contributed by atoms with Crippen molar-refractivity contribution in [1.29, 1.82) is 0 Å². The fourth-order valence-electron chi connectivity index (χ4n) is 1.68. The number of nitrogens with zero attached hydrogens (tertiary/aromatic N) is 3. The molecule has 0 aromatic carbocycles. The summed E-state index contributed by atoms with van der Waals surface area (Å²) in [6.45, 7) is 10.8. The van der Waals surface area contributed by atoms with Crippen LogP contribution in [-0.2, 0) is 6.54 Å². The van der Waals surface area contributed by atoms with Crippen LogP contribution in [0.25, 0.3) is 0 Å². The summed E-state index contributed by atoms with van der Waals surface area (Å²) < 4.78 is 1.53. The zero-order valence-electron chi connectivity index (χ0n) is 12.7. The third-order valence-electron chi connectivity index (χ3n) is 2.97. The highest BCUT2D eigenvalue weighted by molar-refractivity contribution is 5.41. The zero-order chi connectivity index (χ0) is 14.5. The summed E-state index contributed by atoms with van der Waals surface area (Å²) in [6, 6.07) is 1.65. The van der Waals surface area contributed by atoms with Crippen LogP contribution in [0.5, 0.6) is 0 Å². The molecule has 0 bridgehead atoms. The van der Waals surface area contributed by atoms with Crippen molar-refractivity contribution in [1.82, 2.24) is 15.1 Å². The lowest BCUT2D eigenvalue weighted by atomic mass is 10.1. The van der Waals surface area contributed by atoms with Gasteiger partial charge in [0.2, 0.25) is 0 Å². The monoisotopic (exact) mass is 266 g/mol. The minimum absolute atomic E-state index is 0.0337. The van der Waals surface area contributed by atoms with Gasteiger partial charge < -0.3 is 10.2 Å². The van der Waals surface area contributed by atoms with Crippen LogP contribution < -0.4 is 15.8 Å². The van der Waals surface area contributed by atoms with E-state index in [2.05, 4.69) is 31.2 Å². The smallest absolute Gasteiger partial charge is 0.268 e. The van der Waals surface area contributed by atoms with Crippen LogP contribution in [0.3, 0.4) is 0 Å². The SMILES string of the molecule is CCN(C)c1cnn(CCCNC(C)(C)C)c(=O)c1. The number of nitrogens with one attached hydrogen (secondary N) is 1. The minimum atomic E-state index is -0.0337. The second kappa shape index (κ2) is 6.70. The highest BCUT2D eigenvalue weighted by Crippen LogP contribution is 2.05. The number of anilines is 1. The van der Waals surface area contributed by atoms with E-state index in [1.54, 1.807) is 12.3 Å². The van der Waals surface area contributed by atoms with Crippen LogP contribution >= 0.6 is 0 Å². The van der Waals surface area contributed by atoms with Crippen molar-refractivity contribution >= 4 is 5.69 Å². The van der Waals surface area contributed by atoms with Crippen molar-refractivity contribution in [3.8, 4) is 0 Å². The van der Waals surface area contributed by atoms with Crippen LogP contribution in [-0.4, -0.2) is 35.5 Å². The quantitative estimate of drug-likeness (QED) is 0.792. The molecular weight excluding hydrogens is 240 g/mol. The molecule has 5 nitrogen and oxygen atoms in total. The molecule has 1 N–H and O–H groups in total. The Kier molecular flexibility index (Phi) is 5.54. The maximum Gasteiger partial charge on any atom is 0.268 e. The molecule has 0 unspecified atom stereocenters. The van der Waals surface area contributed by atoms with E-state index in [1.165, 1.54) is 4.68 Å². The van der Waals surface area contributed by atoms with Crippen molar-refractivity contribution in [3.05, 3.63) is 22.6 Å². The predicted molar refractivity (Wildman–Crippen MR) is 79.8 cm³/mol. The van der Waals surface area contributed by atoms with Gasteiger partial charge in [-0.15, -0.1) is 0 Å². The molecule has 1 rings (SSSR count). The summed E-state index contributed by atoms with van der Waals surface area (Å²) in [4.78, 5) is 13.9. The Hall–Kier alpha value is -1.36. The molecule has 0 radical (unpaired) electrons. The normalized spacial score (nSPS) is 11.6. The summed E-state index contributed by atoms with van der Waals surface area (Å²) in [5, 5.41) is 7.61. The van der Waals surface area contributed by atoms with Crippen molar-refractivity contribution < 1.29 is 0 Å². The second-order valence-corrected chi connectivity index (χ2v) is 5.82. The Balaban J connectivity index is 2.54. The third kappa shape index (κ3) is 5.42. The molecule has 5 heteroatoms. The first kappa shape index (κ1) is 15.7. The van der Waals surface area contributed by atoms with Gasteiger partial charge in [0.05, 0.1) is 11.9 Å². The molecule has 1 aromatic rings. The lowest BCUT2D eigenvalue weighted by Gasteiger charge is -2.20. The van der Waals surface area contributed by atoms with E-state index in [-0.39, 0.29) is 11.1 Å². The van der Waals surface area contributed by atoms with Gasteiger partial charge in [-0.1, -0.05) is 0 Å². The Morgan fingerprint density at radius 2 is 2.11 bits per heavy atom. The predicted octanol–water partition coefficient (Wildman–Crippen LogP) is 1.48. The highest BCUT2D eigenvalue weighted by Gasteiger charge is 2.08. The molecule has 0 spiro atoms. The number of aryl methyl sites for hydroxylation is 1. The van der Waals surface area contributed by atoms with Gasteiger partial charge in [-0.05, 0) is 40.7 Å². The zero-order valence-corrected chi connectivity index (χ0v) is 12.7. The average Bonchev–Trinajstić information content (AvgIpc) is 2.33. The molecule has 0 saturated heterocycles. The molecule has 0 aliphatic rings. The molecule has 0 aliphatic heterocycles. The summed E-state index contributed by atoms with van der Waals surface area (Å²) in [7, 11) is 1.95.